The number of hydrogen-bond donors (Lipinski definition) is 1. The lowest BCUT2D eigenvalue weighted by Crippen LogP contribution is -2.37. The molecule has 0 saturated carbocycles. The van der Waals surface area contributed by atoms with Crippen molar-refractivity contribution in [2.24, 2.45) is 0 Å². The Bertz CT molecular complexity index is 345. The summed E-state index contributed by atoms with van der Waals surface area (Å²) in [5, 5.41) is 0. The third-order valence-electron chi connectivity index (χ3n) is 2.75. The fourth-order valence-electron chi connectivity index (χ4n) is 1.77. The van der Waals surface area contributed by atoms with E-state index in [2.05, 4.69) is 11.8 Å². The number of anilines is 2. The van der Waals surface area contributed by atoms with E-state index in [0.29, 0.717) is 5.69 Å². The number of benzene rings is 1. The fraction of sp³-hybridized carbons (Fsp3) is 0.455. The van der Waals surface area contributed by atoms with Gasteiger partial charge in [-0.1, -0.05) is 0 Å². The molecular formula is C11H16N2O. The Hall–Kier alpha value is -1.38. The molecule has 0 aliphatic carbocycles. The predicted octanol–water partition coefficient (Wildman–Crippen LogP) is 1.80. The Balaban J connectivity index is 2.38. The number of rotatable bonds is 2. The predicted molar refractivity (Wildman–Crippen MR) is 59.0 cm³/mol. The molecule has 76 valence electrons. The number of ether oxygens (including phenoxy) is 1. The molecular weight excluding hydrogens is 176 g/mol. The molecule has 2 N–H and O–H groups in total. The Morgan fingerprint density at radius 2 is 2.07 bits per heavy atom. The summed E-state index contributed by atoms with van der Waals surface area (Å²) in [7, 11) is 1.65. The lowest BCUT2D eigenvalue weighted by molar-refractivity contribution is 0.416. The van der Waals surface area contributed by atoms with Gasteiger partial charge in [0, 0.05) is 24.8 Å². The second-order valence-electron chi connectivity index (χ2n) is 3.72. The number of aryl methyl sites for hydroxylation is 1. The summed E-state index contributed by atoms with van der Waals surface area (Å²) < 4.78 is 5.21. The minimum Gasteiger partial charge on any atom is -0.495 e. The average Bonchev–Trinajstić information content (AvgIpc) is 2.06. The maximum atomic E-state index is 5.82. The Morgan fingerprint density at radius 3 is 2.57 bits per heavy atom. The maximum absolute atomic E-state index is 5.82. The van der Waals surface area contributed by atoms with Gasteiger partial charge < -0.3 is 15.4 Å². The summed E-state index contributed by atoms with van der Waals surface area (Å²) in [6.07, 6.45) is 1.28. The van der Waals surface area contributed by atoms with E-state index in [0.717, 1.165) is 18.8 Å². The number of methoxy groups -OCH3 is 1. The van der Waals surface area contributed by atoms with Crippen LogP contribution in [0.3, 0.4) is 0 Å². The van der Waals surface area contributed by atoms with Gasteiger partial charge in [-0.25, -0.2) is 0 Å². The summed E-state index contributed by atoms with van der Waals surface area (Å²) in [6, 6.07) is 4.01. The highest BCUT2D eigenvalue weighted by Gasteiger charge is 2.17. The van der Waals surface area contributed by atoms with Crippen LogP contribution >= 0.6 is 0 Å². The molecule has 2 rings (SSSR count). The van der Waals surface area contributed by atoms with Crippen LogP contribution in [0.4, 0.5) is 11.4 Å². The van der Waals surface area contributed by atoms with Gasteiger partial charge in [-0.2, -0.15) is 0 Å². The number of hydrogen-bond acceptors (Lipinski definition) is 3. The van der Waals surface area contributed by atoms with Crippen LogP contribution in [0.2, 0.25) is 0 Å². The average molecular weight is 192 g/mol. The molecule has 3 heteroatoms. The first-order chi connectivity index (χ1) is 6.72. The molecule has 1 saturated heterocycles. The van der Waals surface area contributed by atoms with Crippen LogP contribution in [-0.4, -0.2) is 20.2 Å². The highest BCUT2D eigenvalue weighted by molar-refractivity contribution is 5.67. The van der Waals surface area contributed by atoms with Crippen LogP contribution in [0.5, 0.6) is 5.75 Å². The van der Waals surface area contributed by atoms with E-state index < -0.39 is 0 Å². The molecule has 14 heavy (non-hydrogen) atoms. The van der Waals surface area contributed by atoms with Crippen LogP contribution in [0.1, 0.15) is 12.0 Å². The summed E-state index contributed by atoms with van der Waals surface area (Å²) in [6.45, 7) is 4.38. The largest absolute Gasteiger partial charge is 0.495 e. The summed E-state index contributed by atoms with van der Waals surface area (Å²) in [5.74, 6) is 0.775. The third kappa shape index (κ3) is 1.39. The van der Waals surface area contributed by atoms with Crippen molar-refractivity contribution in [3.63, 3.8) is 0 Å². The van der Waals surface area contributed by atoms with Gasteiger partial charge in [0.15, 0.2) is 0 Å². The fourth-order valence-corrected chi connectivity index (χ4v) is 1.77. The monoisotopic (exact) mass is 192 g/mol. The quantitative estimate of drug-likeness (QED) is 0.726. The molecule has 0 unspecified atom stereocenters. The van der Waals surface area contributed by atoms with Gasteiger partial charge in [0.1, 0.15) is 5.75 Å². The van der Waals surface area contributed by atoms with E-state index in [4.69, 9.17) is 10.5 Å². The molecule has 0 bridgehead atoms. The molecule has 0 spiro atoms. The molecule has 1 aliphatic rings. The smallest absolute Gasteiger partial charge is 0.143 e. The van der Waals surface area contributed by atoms with E-state index in [1.807, 2.05) is 12.1 Å². The van der Waals surface area contributed by atoms with Gasteiger partial charge in [0.25, 0.3) is 0 Å². The molecule has 0 aromatic heterocycles. The number of nitrogen functional groups attached to an aromatic ring is 1. The van der Waals surface area contributed by atoms with Gasteiger partial charge in [-0.15, -0.1) is 0 Å². The van der Waals surface area contributed by atoms with E-state index in [1.54, 1.807) is 7.11 Å². The van der Waals surface area contributed by atoms with E-state index in [1.165, 1.54) is 17.7 Å². The second kappa shape index (κ2) is 3.40. The Kier molecular flexibility index (Phi) is 2.23. The molecule has 1 heterocycles. The lowest BCUT2D eigenvalue weighted by atomic mass is 10.1. The first kappa shape index (κ1) is 9.19. The zero-order chi connectivity index (χ0) is 10.1. The molecule has 1 aliphatic heterocycles. The van der Waals surface area contributed by atoms with Crippen molar-refractivity contribution in [3.8, 4) is 5.75 Å². The van der Waals surface area contributed by atoms with Crippen molar-refractivity contribution in [1.82, 2.24) is 0 Å². The molecule has 0 amide bonds. The zero-order valence-electron chi connectivity index (χ0n) is 8.71. The van der Waals surface area contributed by atoms with Gasteiger partial charge in [-0.05, 0) is 25.0 Å². The van der Waals surface area contributed by atoms with E-state index >= 15 is 0 Å². The first-order valence-electron chi connectivity index (χ1n) is 4.91. The second-order valence-corrected chi connectivity index (χ2v) is 3.72. The van der Waals surface area contributed by atoms with Crippen LogP contribution in [0.15, 0.2) is 12.1 Å². The molecule has 1 aromatic carbocycles. The van der Waals surface area contributed by atoms with Gasteiger partial charge >= 0.3 is 0 Å². The van der Waals surface area contributed by atoms with E-state index in [-0.39, 0.29) is 0 Å². The van der Waals surface area contributed by atoms with Crippen molar-refractivity contribution in [2.75, 3.05) is 30.8 Å². The van der Waals surface area contributed by atoms with Crippen molar-refractivity contribution >= 4 is 11.4 Å². The van der Waals surface area contributed by atoms with Gasteiger partial charge in [0.2, 0.25) is 0 Å². The topological polar surface area (TPSA) is 38.5 Å². The van der Waals surface area contributed by atoms with Crippen molar-refractivity contribution in [2.45, 2.75) is 13.3 Å². The summed E-state index contributed by atoms with van der Waals surface area (Å²) in [5.41, 5.74) is 9.01. The minimum absolute atomic E-state index is 0.717. The first-order valence-corrected chi connectivity index (χ1v) is 4.91. The molecule has 0 radical (unpaired) electrons. The summed E-state index contributed by atoms with van der Waals surface area (Å²) >= 11 is 0. The normalized spacial score (nSPS) is 15.1. The highest BCUT2D eigenvalue weighted by Crippen LogP contribution is 2.33. The Labute approximate surface area is 84.5 Å². The molecule has 3 nitrogen and oxygen atoms in total. The van der Waals surface area contributed by atoms with E-state index in [9.17, 15) is 0 Å². The van der Waals surface area contributed by atoms with Crippen molar-refractivity contribution in [3.05, 3.63) is 17.7 Å². The number of nitrogens with two attached hydrogens (primary N) is 1. The standard InChI is InChI=1S/C11H16N2O/c1-8-6-9(12)11(14-2)7-10(8)13-4-3-5-13/h6-7H,3-5,12H2,1-2H3. The zero-order valence-corrected chi connectivity index (χ0v) is 8.71. The SMILES string of the molecule is COc1cc(N2CCC2)c(C)cc1N. The van der Waals surface area contributed by atoms with Gasteiger partial charge in [-0.3, -0.25) is 0 Å². The van der Waals surface area contributed by atoms with Crippen LogP contribution in [0.25, 0.3) is 0 Å². The van der Waals surface area contributed by atoms with Crippen LogP contribution in [-0.2, 0) is 0 Å². The minimum atomic E-state index is 0.717. The lowest BCUT2D eigenvalue weighted by Gasteiger charge is -2.34. The highest BCUT2D eigenvalue weighted by atomic mass is 16.5. The third-order valence-corrected chi connectivity index (χ3v) is 2.75. The number of nitrogens with zero attached hydrogens (tertiary/aromatic N) is 1. The summed E-state index contributed by atoms with van der Waals surface area (Å²) in [4.78, 5) is 2.34. The maximum Gasteiger partial charge on any atom is 0.143 e. The van der Waals surface area contributed by atoms with Crippen molar-refractivity contribution in [1.29, 1.82) is 0 Å². The van der Waals surface area contributed by atoms with Crippen LogP contribution < -0.4 is 15.4 Å². The van der Waals surface area contributed by atoms with Crippen molar-refractivity contribution < 1.29 is 4.74 Å². The Morgan fingerprint density at radius 1 is 1.36 bits per heavy atom. The molecule has 1 fully saturated rings. The van der Waals surface area contributed by atoms with Crippen LogP contribution in [0, 0.1) is 6.92 Å². The molecule has 0 atom stereocenters. The molecule has 1 aromatic rings. The van der Waals surface area contributed by atoms with Gasteiger partial charge in [0.05, 0.1) is 12.8 Å².